The van der Waals surface area contributed by atoms with Gasteiger partial charge in [-0.2, -0.15) is 10.2 Å². The molecule has 8 nitrogen and oxygen atoms in total. The first-order valence-corrected chi connectivity index (χ1v) is 10.8. The van der Waals surface area contributed by atoms with Crippen molar-refractivity contribution < 1.29 is 9.53 Å². The number of benzene rings is 2. The zero-order valence-electron chi connectivity index (χ0n) is 19.4. The van der Waals surface area contributed by atoms with E-state index in [2.05, 4.69) is 15.5 Å². The van der Waals surface area contributed by atoms with Crippen molar-refractivity contribution in [3.05, 3.63) is 81.4 Å². The Morgan fingerprint density at radius 3 is 2.45 bits per heavy atom. The first-order chi connectivity index (χ1) is 15.8. The number of nitrogens with zero attached hydrogens (tertiary/aromatic N) is 4. The lowest BCUT2D eigenvalue weighted by molar-refractivity contribution is -0.124. The third kappa shape index (κ3) is 4.11. The molecule has 2 aromatic heterocycles. The van der Waals surface area contributed by atoms with Crippen LogP contribution < -0.4 is 15.6 Å². The fraction of sp³-hybridized carbons (Fsp3) is 0.280. The fourth-order valence-corrected chi connectivity index (χ4v) is 3.94. The number of methoxy groups -OCH3 is 1. The molecular weight excluding hydrogens is 418 g/mol. The summed E-state index contributed by atoms with van der Waals surface area (Å²) < 4.78 is 8.29. The third-order valence-electron chi connectivity index (χ3n) is 5.82. The highest BCUT2D eigenvalue weighted by molar-refractivity contribution is 5.84. The van der Waals surface area contributed by atoms with Crippen LogP contribution in [0.15, 0.2) is 53.3 Å². The predicted octanol–water partition coefficient (Wildman–Crippen LogP) is 3.39. The van der Waals surface area contributed by atoms with Gasteiger partial charge in [-0.25, -0.2) is 9.36 Å². The molecule has 33 heavy (non-hydrogen) atoms. The number of para-hydroxylation sites is 1. The number of ether oxygens (including phenoxy) is 1. The van der Waals surface area contributed by atoms with Gasteiger partial charge in [-0.05, 0) is 45.9 Å². The average Bonchev–Trinajstić information content (AvgIpc) is 3.18. The summed E-state index contributed by atoms with van der Waals surface area (Å²) in [4.78, 5) is 26.1. The fourth-order valence-electron chi connectivity index (χ4n) is 3.94. The first kappa shape index (κ1) is 22.3. The minimum Gasteiger partial charge on any atom is -0.496 e. The van der Waals surface area contributed by atoms with Crippen molar-refractivity contribution in [2.45, 2.75) is 40.3 Å². The molecule has 0 aliphatic rings. The van der Waals surface area contributed by atoms with E-state index in [1.165, 1.54) is 4.68 Å². The zero-order valence-corrected chi connectivity index (χ0v) is 19.4. The topological polar surface area (TPSA) is 91.0 Å². The van der Waals surface area contributed by atoms with Crippen LogP contribution in [0.1, 0.15) is 35.5 Å². The molecule has 2 aromatic carbocycles. The van der Waals surface area contributed by atoms with Crippen molar-refractivity contribution in [1.82, 2.24) is 24.9 Å². The Labute approximate surface area is 191 Å². The summed E-state index contributed by atoms with van der Waals surface area (Å²) in [6, 6.07) is 14.6. The van der Waals surface area contributed by atoms with Crippen LogP contribution in [0, 0.1) is 20.8 Å². The molecule has 0 spiro atoms. The summed E-state index contributed by atoms with van der Waals surface area (Å²) in [5.41, 5.74) is 4.22. The van der Waals surface area contributed by atoms with Gasteiger partial charge in [-0.15, -0.1) is 0 Å². The number of hydrogen-bond donors (Lipinski definition) is 1. The van der Waals surface area contributed by atoms with Crippen molar-refractivity contribution in [1.29, 1.82) is 0 Å². The number of carbonyl (C=O) groups is 1. The van der Waals surface area contributed by atoms with Gasteiger partial charge in [0.2, 0.25) is 5.91 Å². The number of aromatic nitrogens is 4. The number of aryl methyl sites for hydroxylation is 3. The Balaban J connectivity index is 1.66. The van der Waals surface area contributed by atoms with Crippen LogP contribution in [-0.2, 0) is 11.3 Å². The molecule has 1 unspecified atom stereocenters. The molecule has 0 aliphatic heterocycles. The van der Waals surface area contributed by atoms with Gasteiger partial charge in [0.1, 0.15) is 11.8 Å². The summed E-state index contributed by atoms with van der Waals surface area (Å²) >= 11 is 0. The van der Waals surface area contributed by atoms with Gasteiger partial charge in [0.25, 0.3) is 5.56 Å². The lowest BCUT2D eigenvalue weighted by atomic mass is 10.2. The van der Waals surface area contributed by atoms with E-state index in [1.54, 1.807) is 18.7 Å². The number of nitrogens with one attached hydrogen (secondary N) is 1. The molecule has 0 bridgehead atoms. The Bertz CT molecular complexity index is 1390. The molecule has 0 aliphatic carbocycles. The van der Waals surface area contributed by atoms with Gasteiger partial charge in [0, 0.05) is 12.1 Å². The molecule has 0 saturated carbocycles. The van der Waals surface area contributed by atoms with E-state index in [1.807, 2.05) is 69.3 Å². The highest BCUT2D eigenvalue weighted by atomic mass is 16.5. The third-order valence-corrected chi connectivity index (χ3v) is 5.82. The van der Waals surface area contributed by atoms with Gasteiger partial charge in [0.05, 0.1) is 29.6 Å². The van der Waals surface area contributed by atoms with Gasteiger partial charge < -0.3 is 10.1 Å². The van der Waals surface area contributed by atoms with E-state index in [0.29, 0.717) is 22.3 Å². The van der Waals surface area contributed by atoms with Crippen molar-refractivity contribution in [2.24, 2.45) is 0 Å². The summed E-state index contributed by atoms with van der Waals surface area (Å²) in [5.74, 6) is 0.374. The first-order valence-electron chi connectivity index (χ1n) is 10.8. The highest BCUT2D eigenvalue weighted by Crippen LogP contribution is 2.22. The van der Waals surface area contributed by atoms with Crippen LogP contribution in [0.4, 0.5) is 0 Å². The number of carbonyl (C=O) groups excluding carboxylic acids is 1. The normalized spacial score (nSPS) is 12.0. The largest absolute Gasteiger partial charge is 0.496 e. The molecule has 0 radical (unpaired) electrons. The van der Waals surface area contributed by atoms with Crippen molar-refractivity contribution in [3.8, 4) is 11.4 Å². The second-order valence-corrected chi connectivity index (χ2v) is 8.10. The van der Waals surface area contributed by atoms with Crippen molar-refractivity contribution >= 4 is 16.8 Å². The molecule has 0 fully saturated rings. The van der Waals surface area contributed by atoms with Gasteiger partial charge >= 0.3 is 0 Å². The number of fused-ring (bicyclic) bond motifs is 1. The molecule has 1 N–H and O–H groups in total. The minimum absolute atomic E-state index is 0.282. The summed E-state index contributed by atoms with van der Waals surface area (Å²) in [6.45, 7) is 7.69. The van der Waals surface area contributed by atoms with E-state index in [0.717, 1.165) is 22.5 Å². The minimum atomic E-state index is -0.805. The maximum Gasteiger partial charge on any atom is 0.295 e. The Hall–Kier alpha value is -3.94. The molecule has 1 atom stereocenters. The highest BCUT2D eigenvalue weighted by Gasteiger charge is 2.23. The second kappa shape index (κ2) is 8.90. The smallest absolute Gasteiger partial charge is 0.295 e. The zero-order chi connectivity index (χ0) is 23.7. The van der Waals surface area contributed by atoms with Gasteiger partial charge in [-0.1, -0.05) is 35.9 Å². The second-order valence-electron chi connectivity index (χ2n) is 8.10. The predicted molar refractivity (Wildman–Crippen MR) is 127 cm³/mol. The molecule has 4 rings (SSSR count). The molecular formula is C25H27N5O3. The molecule has 0 saturated heterocycles. The van der Waals surface area contributed by atoms with Crippen LogP contribution in [-0.4, -0.2) is 32.6 Å². The summed E-state index contributed by atoms with van der Waals surface area (Å²) in [5, 5.41) is 12.6. The van der Waals surface area contributed by atoms with E-state index in [-0.39, 0.29) is 12.5 Å². The number of hydrogen-bond acceptors (Lipinski definition) is 5. The Morgan fingerprint density at radius 2 is 1.76 bits per heavy atom. The Morgan fingerprint density at radius 1 is 1.06 bits per heavy atom. The van der Waals surface area contributed by atoms with E-state index < -0.39 is 11.6 Å². The lowest BCUT2D eigenvalue weighted by Crippen LogP contribution is -2.37. The molecule has 8 heteroatoms. The average molecular weight is 446 g/mol. The van der Waals surface area contributed by atoms with Gasteiger partial charge in [0.15, 0.2) is 5.52 Å². The van der Waals surface area contributed by atoms with Crippen molar-refractivity contribution in [2.75, 3.05) is 7.11 Å². The van der Waals surface area contributed by atoms with Crippen LogP contribution >= 0.6 is 0 Å². The summed E-state index contributed by atoms with van der Waals surface area (Å²) in [6.07, 6.45) is 0. The molecule has 170 valence electrons. The van der Waals surface area contributed by atoms with Gasteiger partial charge in [-0.3, -0.25) is 9.59 Å². The lowest BCUT2D eigenvalue weighted by Gasteiger charge is -2.15. The van der Waals surface area contributed by atoms with E-state index >= 15 is 0 Å². The van der Waals surface area contributed by atoms with Crippen LogP contribution in [0.25, 0.3) is 16.6 Å². The molecule has 1 amide bonds. The number of amides is 1. The van der Waals surface area contributed by atoms with Crippen LogP contribution in [0.5, 0.6) is 5.75 Å². The van der Waals surface area contributed by atoms with Crippen molar-refractivity contribution in [3.63, 3.8) is 0 Å². The molecule has 2 heterocycles. The SMILES string of the molecule is COc1ccccc1CNC(=O)C(C)n1nc(C)c2c(C)n(-c3ccc(C)cc3)nc2c1=O. The number of rotatable bonds is 6. The monoisotopic (exact) mass is 445 g/mol. The molecule has 4 aromatic rings. The maximum atomic E-state index is 13.3. The Kier molecular flexibility index (Phi) is 6.00. The quantitative estimate of drug-likeness (QED) is 0.491. The van der Waals surface area contributed by atoms with Crippen LogP contribution in [0.2, 0.25) is 0 Å². The maximum absolute atomic E-state index is 13.3. The van der Waals surface area contributed by atoms with E-state index in [9.17, 15) is 9.59 Å². The summed E-state index contributed by atoms with van der Waals surface area (Å²) in [7, 11) is 1.59. The standard InChI is InChI=1S/C25H27N5O3/c1-15-10-12-20(13-11-15)29-17(3)22-16(2)27-30(25(32)23(22)28-29)18(4)24(31)26-14-19-8-6-7-9-21(19)33-5/h6-13,18H,14H2,1-5H3,(H,26,31). The van der Waals surface area contributed by atoms with E-state index in [4.69, 9.17) is 4.74 Å². The van der Waals surface area contributed by atoms with Crippen LogP contribution in [0.3, 0.4) is 0 Å².